The Bertz CT molecular complexity index is 641. The summed E-state index contributed by atoms with van der Waals surface area (Å²) in [6.45, 7) is 3.46. The smallest absolute Gasteiger partial charge is 0.289 e. The van der Waals surface area contributed by atoms with E-state index in [0.717, 1.165) is 0 Å². The molecule has 0 N–H and O–H groups in total. The van der Waals surface area contributed by atoms with Gasteiger partial charge in [0.1, 0.15) is 5.69 Å². The maximum absolute atomic E-state index is 12.2. The van der Waals surface area contributed by atoms with Crippen LogP contribution in [-0.4, -0.2) is 58.1 Å². The van der Waals surface area contributed by atoms with Gasteiger partial charge in [-0.2, -0.15) is 0 Å². The van der Waals surface area contributed by atoms with E-state index in [-0.39, 0.29) is 17.5 Å². The molecule has 0 unspecified atom stereocenters. The molecule has 0 radical (unpaired) electrons. The van der Waals surface area contributed by atoms with E-state index < -0.39 is 0 Å². The number of aryl methyl sites for hydroxylation is 1. The number of hydrogen-bond acceptors (Lipinski definition) is 6. The zero-order valence-corrected chi connectivity index (χ0v) is 11.5. The molecule has 8 nitrogen and oxygen atoms in total. The van der Waals surface area contributed by atoms with E-state index in [1.807, 2.05) is 0 Å². The third-order valence-electron chi connectivity index (χ3n) is 3.44. The third kappa shape index (κ3) is 2.51. The highest BCUT2D eigenvalue weighted by molar-refractivity contribution is 5.94. The van der Waals surface area contributed by atoms with E-state index in [0.29, 0.717) is 37.6 Å². The zero-order valence-electron chi connectivity index (χ0n) is 11.5. The predicted molar refractivity (Wildman–Crippen MR) is 69.6 cm³/mol. The summed E-state index contributed by atoms with van der Waals surface area (Å²) in [5.74, 6) is -0.0726. The Kier molecular flexibility index (Phi) is 3.43. The van der Waals surface area contributed by atoms with E-state index in [2.05, 4.69) is 14.9 Å². The van der Waals surface area contributed by atoms with Crippen LogP contribution in [0.3, 0.4) is 0 Å². The average molecular weight is 290 g/mol. The lowest BCUT2D eigenvalue weighted by Crippen LogP contribution is -2.50. The number of nitrogens with zero attached hydrogens (tertiary/aromatic N) is 4. The minimum absolute atomic E-state index is 0.161. The van der Waals surface area contributed by atoms with Gasteiger partial charge in [0.15, 0.2) is 11.5 Å². The summed E-state index contributed by atoms with van der Waals surface area (Å²) in [6, 6.07) is 3.30. The largest absolute Gasteiger partial charge is 0.459 e. The normalized spacial score (nSPS) is 15.3. The minimum Gasteiger partial charge on any atom is -0.459 e. The summed E-state index contributed by atoms with van der Waals surface area (Å²) >= 11 is 0. The SMILES string of the molecule is Cc1nonc1C(=O)N1CCN(C(=O)c2ccco2)CC1. The number of amides is 2. The van der Waals surface area contributed by atoms with E-state index in [1.54, 1.807) is 28.9 Å². The van der Waals surface area contributed by atoms with Gasteiger partial charge in [-0.25, -0.2) is 4.63 Å². The number of hydrogen-bond donors (Lipinski definition) is 0. The van der Waals surface area contributed by atoms with Crippen LogP contribution in [0, 0.1) is 6.92 Å². The highest BCUT2D eigenvalue weighted by Gasteiger charge is 2.28. The van der Waals surface area contributed by atoms with Crippen molar-refractivity contribution in [2.45, 2.75) is 6.92 Å². The topological polar surface area (TPSA) is 92.7 Å². The van der Waals surface area contributed by atoms with Gasteiger partial charge in [0.25, 0.3) is 11.8 Å². The predicted octanol–water partition coefficient (Wildman–Crippen LogP) is 0.569. The molecule has 1 aliphatic heterocycles. The molecule has 3 heterocycles. The molecule has 21 heavy (non-hydrogen) atoms. The maximum atomic E-state index is 12.2. The van der Waals surface area contributed by atoms with Crippen LogP contribution in [-0.2, 0) is 0 Å². The van der Waals surface area contributed by atoms with Crippen LogP contribution in [0.15, 0.2) is 27.4 Å². The summed E-state index contributed by atoms with van der Waals surface area (Å²) in [5, 5.41) is 7.21. The van der Waals surface area contributed by atoms with Crippen molar-refractivity contribution in [1.82, 2.24) is 20.1 Å². The van der Waals surface area contributed by atoms with Gasteiger partial charge in [-0.3, -0.25) is 9.59 Å². The highest BCUT2D eigenvalue weighted by Crippen LogP contribution is 2.12. The lowest BCUT2D eigenvalue weighted by atomic mass is 10.2. The quantitative estimate of drug-likeness (QED) is 0.802. The van der Waals surface area contributed by atoms with Gasteiger partial charge in [-0.05, 0) is 24.2 Å². The molecule has 0 spiro atoms. The van der Waals surface area contributed by atoms with Gasteiger partial charge >= 0.3 is 0 Å². The van der Waals surface area contributed by atoms with Crippen LogP contribution in [0.4, 0.5) is 0 Å². The molecule has 2 aromatic rings. The second-order valence-electron chi connectivity index (χ2n) is 4.76. The molecule has 0 aliphatic carbocycles. The van der Waals surface area contributed by atoms with Crippen molar-refractivity contribution in [3.05, 3.63) is 35.5 Å². The number of furan rings is 1. The lowest BCUT2D eigenvalue weighted by Gasteiger charge is -2.33. The number of piperazine rings is 1. The third-order valence-corrected chi connectivity index (χ3v) is 3.44. The molecule has 0 aromatic carbocycles. The fourth-order valence-electron chi connectivity index (χ4n) is 2.24. The molecule has 110 valence electrons. The summed E-state index contributed by atoms with van der Waals surface area (Å²) in [7, 11) is 0. The van der Waals surface area contributed by atoms with Crippen LogP contribution < -0.4 is 0 Å². The van der Waals surface area contributed by atoms with Crippen molar-refractivity contribution in [1.29, 1.82) is 0 Å². The van der Waals surface area contributed by atoms with Gasteiger partial charge in [0, 0.05) is 26.2 Å². The van der Waals surface area contributed by atoms with Crippen molar-refractivity contribution in [3.8, 4) is 0 Å². The summed E-state index contributed by atoms with van der Waals surface area (Å²) in [5.41, 5.74) is 0.690. The number of carbonyl (C=O) groups is 2. The van der Waals surface area contributed by atoms with Gasteiger partial charge in [0.05, 0.1) is 6.26 Å². The van der Waals surface area contributed by atoms with E-state index in [1.165, 1.54) is 6.26 Å². The molecule has 0 atom stereocenters. The standard InChI is InChI=1S/C13H14N4O4/c1-9-11(15-21-14-9)13(19)17-6-4-16(5-7-17)12(18)10-3-2-8-20-10/h2-3,8H,4-7H2,1H3. The Balaban J connectivity index is 1.62. The van der Waals surface area contributed by atoms with Crippen LogP contribution in [0.25, 0.3) is 0 Å². The van der Waals surface area contributed by atoms with Crippen molar-refractivity contribution in [3.63, 3.8) is 0 Å². The highest BCUT2D eigenvalue weighted by atomic mass is 16.6. The Hall–Kier alpha value is -2.64. The average Bonchev–Trinajstić information content (AvgIpc) is 3.17. The molecule has 0 bridgehead atoms. The summed E-state index contributed by atoms with van der Waals surface area (Å²) < 4.78 is 9.64. The Morgan fingerprint density at radius 2 is 1.76 bits per heavy atom. The number of aromatic nitrogens is 2. The van der Waals surface area contributed by atoms with E-state index in [9.17, 15) is 9.59 Å². The first-order valence-corrected chi connectivity index (χ1v) is 6.58. The fourth-order valence-corrected chi connectivity index (χ4v) is 2.24. The van der Waals surface area contributed by atoms with Crippen LogP contribution in [0.2, 0.25) is 0 Å². The second kappa shape index (κ2) is 5.39. The first kappa shape index (κ1) is 13.3. The maximum Gasteiger partial charge on any atom is 0.289 e. The molecule has 0 saturated carbocycles. The number of carbonyl (C=O) groups excluding carboxylic acids is 2. The van der Waals surface area contributed by atoms with Crippen molar-refractivity contribution in [2.75, 3.05) is 26.2 Å². The van der Waals surface area contributed by atoms with Crippen LogP contribution >= 0.6 is 0 Å². The molecule has 2 aromatic heterocycles. The molecule has 2 amide bonds. The molecule has 1 fully saturated rings. The molecular formula is C13H14N4O4. The molecule has 3 rings (SSSR count). The molecule has 1 saturated heterocycles. The zero-order chi connectivity index (χ0) is 14.8. The summed E-state index contributed by atoms with van der Waals surface area (Å²) in [4.78, 5) is 27.6. The van der Waals surface area contributed by atoms with Gasteiger partial charge in [-0.15, -0.1) is 0 Å². The van der Waals surface area contributed by atoms with Gasteiger partial charge < -0.3 is 14.2 Å². The van der Waals surface area contributed by atoms with E-state index in [4.69, 9.17) is 4.42 Å². The Morgan fingerprint density at radius 3 is 2.29 bits per heavy atom. The fraction of sp³-hybridized carbons (Fsp3) is 0.385. The van der Waals surface area contributed by atoms with Crippen molar-refractivity contribution < 1.29 is 18.6 Å². The molecular weight excluding hydrogens is 276 g/mol. The lowest BCUT2D eigenvalue weighted by molar-refractivity contribution is 0.0512. The first-order chi connectivity index (χ1) is 10.2. The Morgan fingerprint density at radius 1 is 1.10 bits per heavy atom. The minimum atomic E-state index is -0.223. The van der Waals surface area contributed by atoms with Crippen LogP contribution in [0.1, 0.15) is 26.7 Å². The molecule has 1 aliphatic rings. The van der Waals surface area contributed by atoms with Crippen molar-refractivity contribution >= 4 is 11.8 Å². The Labute approximate surface area is 120 Å². The molecule has 8 heteroatoms. The number of rotatable bonds is 2. The van der Waals surface area contributed by atoms with Gasteiger partial charge in [-0.1, -0.05) is 5.16 Å². The monoisotopic (exact) mass is 290 g/mol. The van der Waals surface area contributed by atoms with E-state index >= 15 is 0 Å². The van der Waals surface area contributed by atoms with Gasteiger partial charge in [0.2, 0.25) is 0 Å². The first-order valence-electron chi connectivity index (χ1n) is 6.58. The second-order valence-corrected chi connectivity index (χ2v) is 4.76. The van der Waals surface area contributed by atoms with Crippen molar-refractivity contribution in [2.24, 2.45) is 0 Å². The van der Waals surface area contributed by atoms with Crippen LogP contribution in [0.5, 0.6) is 0 Å². The summed E-state index contributed by atoms with van der Waals surface area (Å²) in [6.07, 6.45) is 1.47.